The molecule has 0 saturated heterocycles. The van der Waals surface area contributed by atoms with Gasteiger partial charge in [0.15, 0.2) is 11.6 Å². The van der Waals surface area contributed by atoms with Crippen LogP contribution < -0.4 is 5.32 Å². The van der Waals surface area contributed by atoms with Gasteiger partial charge in [-0.25, -0.2) is 14.8 Å². The Labute approximate surface area is 176 Å². The lowest BCUT2D eigenvalue weighted by atomic mass is 10.2. The Morgan fingerprint density at radius 3 is 2.73 bits per heavy atom. The van der Waals surface area contributed by atoms with E-state index in [0.29, 0.717) is 27.9 Å². The summed E-state index contributed by atoms with van der Waals surface area (Å²) in [6.45, 7) is 0. The summed E-state index contributed by atoms with van der Waals surface area (Å²) in [6.07, 6.45) is 1.57. The average molecular weight is 419 g/mol. The van der Waals surface area contributed by atoms with Gasteiger partial charge in [-0.2, -0.15) is 0 Å². The predicted octanol–water partition coefficient (Wildman–Crippen LogP) is 4.41. The number of methoxy groups -OCH3 is 1. The first-order chi connectivity index (χ1) is 14.6. The summed E-state index contributed by atoms with van der Waals surface area (Å²) in [5, 5.41) is 4.34. The second-order valence-corrected chi connectivity index (χ2v) is 7.22. The summed E-state index contributed by atoms with van der Waals surface area (Å²) in [4.78, 5) is 33.3. The Morgan fingerprint density at radius 1 is 1.07 bits per heavy atom. The van der Waals surface area contributed by atoms with E-state index in [1.54, 1.807) is 42.7 Å². The Bertz CT molecular complexity index is 1210. The van der Waals surface area contributed by atoms with Gasteiger partial charge in [0.1, 0.15) is 5.03 Å². The molecule has 0 spiro atoms. The van der Waals surface area contributed by atoms with Gasteiger partial charge in [-0.05, 0) is 36.4 Å². The number of hydrogen-bond donors (Lipinski definition) is 1. The molecule has 0 aliphatic heterocycles. The first-order valence-corrected chi connectivity index (χ1v) is 10.0. The highest BCUT2D eigenvalue weighted by Gasteiger charge is 2.14. The molecule has 2 aromatic carbocycles. The fraction of sp³-hybridized carbons (Fsp3) is 0.0909. The van der Waals surface area contributed by atoms with E-state index in [2.05, 4.69) is 15.3 Å². The molecule has 30 heavy (non-hydrogen) atoms. The van der Waals surface area contributed by atoms with E-state index in [1.807, 2.05) is 24.3 Å². The minimum Gasteiger partial charge on any atom is -0.465 e. The van der Waals surface area contributed by atoms with Crippen molar-refractivity contribution in [2.24, 2.45) is 0 Å². The Kier molecular flexibility index (Phi) is 5.76. The van der Waals surface area contributed by atoms with E-state index >= 15 is 0 Å². The van der Waals surface area contributed by atoms with Gasteiger partial charge < -0.3 is 14.5 Å². The van der Waals surface area contributed by atoms with Crippen molar-refractivity contribution < 1.29 is 18.7 Å². The molecule has 4 rings (SSSR count). The number of rotatable bonds is 6. The lowest BCUT2D eigenvalue weighted by molar-refractivity contribution is -0.113. The van der Waals surface area contributed by atoms with Gasteiger partial charge in [0.25, 0.3) is 0 Å². The van der Waals surface area contributed by atoms with Crippen LogP contribution in [0.1, 0.15) is 10.4 Å². The summed E-state index contributed by atoms with van der Waals surface area (Å²) in [5.41, 5.74) is 1.66. The van der Waals surface area contributed by atoms with Crippen molar-refractivity contribution in [3.63, 3.8) is 0 Å². The van der Waals surface area contributed by atoms with E-state index in [4.69, 9.17) is 9.15 Å². The normalized spacial score (nSPS) is 10.7. The maximum atomic E-state index is 12.5. The maximum absolute atomic E-state index is 12.5. The number of carbonyl (C=O) groups excluding carboxylic acids is 2. The Hall–Kier alpha value is -3.65. The average Bonchev–Trinajstić information content (AvgIpc) is 3.32. The van der Waals surface area contributed by atoms with Gasteiger partial charge >= 0.3 is 5.97 Å². The van der Waals surface area contributed by atoms with Crippen molar-refractivity contribution >= 4 is 40.2 Å². The van der Waals surface area contributed by atoms with Gasteiger partial charge in [0.05, 0.1) is 30.2 Å². The third-order valence-electron chi connectivity index (χ3n) is 4.22. The minimum absolute atomic E-state index is 0.140. The van der Waals surface area contributed by atoms with E-state index in [9.17, 15) is 9.59 Å². The second-order valence-electron chi connectivity index (χ2n) is 6.26. The molecule has 1 amide bonds. The molecule has 0 aliphatic rings. The van der Waals surface area contributed by atoms with Crippen LogP contribution in [-0.2, 0) is 9.53 Å². The third-order valence-corrected chi connectivity index (χ3v) is 5.21. The number of thioether (sulfide) groups is 1. The number of fused-ring (bicyclic) bond motifs is 1. The minimum atomic E-state index is -0.460. The van der Waals surface area contributed by atoms with Crippen LogP contribution in [0.5, 0.6) is 0 Å². The van der Waals surface area contributed by atoms with Crippen molar-refractivity contribution in [3.8, 4) is 11.6 Å². The first-order valence-electron chi connectivity index (χ1n) is 9.06. The molecule has 0 bridgehead atoms. The van der Waals surface area contributed by atoms with Crippen LogP contribution in [0.2, 0.25) is 0 Å². The molecular formula is C22H17N3O4S. The van der Waals surface area contributed by atoms with Crippen molar-refractivity contribution in [2.45, 2.75) is 5.03 Å². The van der Waals surface area contributed by atoms with Crippen LogP contribution in [-0.4, -0.2) is 34.7 Å². The Balaban J connectivity index is 1.52. The number of aromatic nitrogens is 2. The van der Waals surface area contributed by atoms with Crippen molar-refractivity contribution in [3.05, 3.63) is 72.5 Å². The highest BCUT2D eigenvalue weighted by Crippen LogP contribution is 2.28. The van der Waals surface area contributed by atoms with Crippen molar-refractivity contribution in [2.75, 3.05) is 18.2 Å². The summed E-state index contributed by atoms with van der Waals surface area (Å²) in [5.74, 6) is 0.489. The quantitative estimate of drug-likeness (QED) is 0.281. The van der Waals surface area contributed by atoms with Crippen LogP contribution in [0.15, 0.2) is 76.4 Å². The first kappa shape index (κ1) is 19.7. The smallest absolute Gasteiger partial charge is 0.337 e. The summed E-state index contributed by atoms with van der Waals surface area (Å²) < 4.78 is 10.1. The highest BCUT2D eigenvalue weighted by molar-refractivity contribution is 8.00. The number of hydrogen-bond acceptors (Lipinski definition) is 7. The number of nitrogens with one attached hydrogen (secondary N) is 1. The number of amides is 1. The van der Waals surface area contributed by atoms with E-state index < -0.39 is 5.97 Å². The van der Waals surface area contributed by atoms with Crippen molar-refractivity contribution in [1.29, 1.82) is 0 Å². The zero-order valence-corrected chi connectivity index (χ0v) is 16.8. The fourth-order valence-corrected chi connectivity index (χ4v) is 3.67. The molecule has 0 aliphatic carbocycles. The standard InChI is InChI=1S/C22H17N3O4S/c1-28-22(27)14-6-4-7-15(12-14)23-19(26)13-30-21-16-8-2-3-9-17(16)24-20(25-21)18-10-5-11-29-18/h2-12H,13H2,1H3,(H,23,26). The zero-order chi connectivity index (χ0) is 20.9. The van der Waals surface area contributed by atoms with E-state index in [1.165, 1.54) is 18.9 Å². The number of nitrogens with zero attached hydrogens (tertiary/aromatic N) is 2. The SMILES string of the molecule is COC(=O)c1cccc(NC(=O)CSc2nc(-c3ccco3)nc3ccccc23)c1. The fourth-order valence-electron chi connectivity index (χ4n) is 2.85. The van der Waals surface area contributed by atoms with Crippen LogP contribution in [0, 0.1) is 0 Å². The molecule has 0 unspecified atom stereocenters. The summed E-state index contributed by atoms with van der Waals surface area (Å²) >= 11 is 1.31. The predicted molar refractivity (Wildman–Crippen MR) is 114 cm³/mol. The van der Waals surface area contributed by atoms with Gasteiger partial charge in [0, 0.05) is 11.1 Å². The lowest BCUT2D eigenvalue weighted by Crippen LogP contribution is -2.14. The van der Waals surface area contributed by atoms with Crippen LogP contribution in [0.3, 0.4) is 0 Å². The van der Waals surface area contributed by atoms with Gasteiger partial charge in [-0.3, -0.25) is 4.79 Å². The molecule has 2 aromatic heterocycles. The van der Waals surface area contributed by atoms with Gasteiger partial charge in [0.2, 0.25) is 5.91 Å². The lowest BCUT2D eigenvalue weighted by Gasteiger charge is -2.09. The number of esters is 1. The molecule has 0 atom stereocenters. The third kappa shape index (κ3) is 4.33. The largest absolute Gasteiger partial charge is 0.465 e. The number of anilines is 1. The second kappa shape index (κ2) is 8.79. The summed E-state index contributed by atoms with van der Waals surface area (Å²) in [7, 11) is 1.31. The van der Waals surface area contributed by atoms with Crippen molar-refractivity contribution in [1.82, 2.24) is 9.97 Å². The molecular weight excluding hydrogens is 402 g/mol. The van der Waals surface area contributed by atoms with Crippen LogP contribution >= 0.6 is 11.8 Å². The number of ether oxygens (including phenoxy) is 1. The highest BCUT2D eigenvalue weighted by atomic mass is 32.2. The molecule has 0 fully saturated rings. The molecule has 0 radical (unpaired) electrons. The number of carbonyl (C=O) groups is 2. The molecule has 2 heterocycles. The number of para-hydroxylation sites is 1. The zero-order valence-electron chi connectivity index (χ0n) is 16.0. The topological polar surface area (TPSA) is 94.3 Å². The molecule has 4 aromatic rings. The molecule has 7 nitrogen and oxygen atoms in total. The molecule has 8 heteroatoms. The van der Waals surface area contributed by atoms with Gasteiger partial charge in [-0.15, -0.1) is 0 Å². The molecule has 150 valence electrons. The summed E-state index contributed by atoms with van der Waals surface area (Å²) in [6, 6.07) is 17.8. The number of furan rings is 1. The molecule has 1 N–H and O–H groups in total. The van der Waals surface area contributed by atoms with E-state index in [0.717, 1.165) is 10.9 Å². The molecule has 0 saturated carbocycles. The van der Waals surface area contributed by atoms with Crippen LogP contribution in [0.4, 0.5) is 5.69 Å². The monoisotopic (exact) mass is 419 g/mol. The van der Waals surface area contributed by atoms with E-state index in [-0.39, 0.29) is 11.7 Å². The Morgan fingerprint density at radius 2 is 1.93 bits per heavy atom. The van der Waals surface area contributed by atoms with Gasteiger partial charge in [-0.1, -0.05) is 36.0 Å². The number of benzene rings is 2. The maximum Gasteiger partial charge on any atom is 0.337 e. The van der Waals surface area contributed by atoms with Crippen LogP contribution in [0.25, 0.3) is 22.5 Å².